The summed E-state index contributed by atoms with van der Waals surface area (Å²) in [5.74, 6) is 0.722. The monoisotopic (exact) mass is 321 g/mol. The van der Waals surface area contributed by atoms with Gasteiger partial charge in [0.05, 0.1) is 11.5 Å². The molecule has 2 aromatic rings. The van der Waals surface area contributed by atoms with E-state index in [0.29, 0.717) is 16.9 Å². The third-order valence-corrected chi connectivity index (χ3v) is 5.21. The van der Waals surface area contributed by atoms with Gasteiger partial charge in [-0.1, -0.05) is 38.1 Å². The molecule has 0 aliphatic heterocycles. The molecule has 2 rings (SSSR count). The first-order chi connectivity index (χ1) is 10.5. The predicted octanol–water partition coefficient (Wildman–Crippen LogP) is 3.71. The molecule has 0 heterocycles. The van der Waals surface area contributed by atoms with Crippen molar-refractivity contribution in [3.8, 4) is 5.75 Å². The minimum Gasteiger partial charge on any atom is -0.493 e. The van der Waals surface area contributed by atoms with E-state index < -0.39 is 10.0 Å². The molecule has 0 unspecified atom stereocenters. The second-order valence-corrected chi connectivity index (χ2v) is 7.07. The topological polar surface area (TPSA) is 55.4 Å². The third-order valence-electron chi connectivity index (χ3n) is 3.56. The van der Waals surface area contributed by atoms with Crippen molar-refractivity contribution in [2.75, 3.05) is 6.61 Å². The number of ether oxygens (including phenoxy) is 1. The molecule has 22 heavy (non-hydrogen) atoms. The smallest absolute Gasteiger partial charge is 0.241 e. The average Bonchev–Trinajstić information content (AvgIpc) is 2.51. The van der Waals surface area contributed by atoms with Crippen molar-refractivity contribution in [3.05, 3.63) is 36.4 Å². The van der Waals surface area contributed by atoms with E-state index in [0.717, 1.165) is 24.0 Å². The Morgan fingerprint density at radius 1 is 1.09 bits per heavy atom. The van der Waals surface area contributed by atoms with E-state index in [1.54, 1.807) is 12.1 Å². The Morgan fingerprint density at radius 2 is 1.77 bits per heavy atom. The van der Waals surface area contributed by atoms with Crippen molar-refractivity contribution in [1.29, 1.82) is 0 Å². The molecule has 0 saturated carbocycles. The molecule has 2 aromatic carbocycles. The highest BCUT2D eigenvalue weighted by Crippen LogP contribution is 2.31. The van der Waals surface area contributed by atoms with Crippen molar-refractivity contribution >= 4 is 20.8 Å². The van der Waals surface area contributed by atoms with Crippen LogP contribution >= 0.6 is 0 Å². The fourth-order valence-electron chi connectivity index (χ4n) is 2.23. The van der Waals surface area contributed by atoms with Crippen LogP contribution in [0.4, 0.5) is 0 Å². The van der Waals surface area contributed by atoms with Crippen molar-refractivity contribution in [1.82, 2.24) is 4.72 Å². The van der Waals surface area contributed by atoms with E-state index in [-0.39, 0.29) is 6.04 Å². The molecule has 0 bridgehead atoms. The van der Waals surface area contributed by atoms with Crippen molar-refractivity contribution in [2.24, 2.45) is 0 Å². The largest absolute Gasteiger partial charge is 0.493 e. The lowest BCUT2D eigenvalue weighted by molar-refractivity contribution is 0.321. The van der Waals surface area contributed by atoms with Gasteiger partial charge in [0.2, 0.25) is 10.0 Å². The molecule has 0 aromatic heterocycles. The standard InChI is InChI=1S/C17H23NO3S/c1-4-12-21-16-10-11-17(15-9-7-6-8-14(15)16)22(19,20)18-13(3)5-2/h6-11,13,18H,4-5,12H2,1-3H3/t13-/m1/s1. The summed E-state index contributed by atoms with van der Waals surface area (Å²) in [4.78, 5) is 0.298. The maximum atomic E-state index is 12.6. The maximum absolute atomic E-state index is 12.6. The first-order valence-electron chi connectivity index (χ1n) is 7.66. The molecule has 0 aliphatic carbocycles. The summed E-state index contributed by atoms with van der Waals surface area (Å²) in [6, 6.07) is 10.7. The highest BCUT2D eigenvalue weighted by Gasteiger charge is 2.20. The first-order valence-corrected chi connectivity index (χ1v) is 9.14. The molecule has 0 aliphatic rings. The highest BCUT2D eigenvalue weighted by molar-refractivity contribution is 7.89. The van der Waals surface area contributed by atoms with Gasteiger partial charge in [-0.2, -0.15) is 0 Å². The number of hydrogen-bond acceptors (Lipinski definition) is 3. The molecule has 0 saturated heterocycles. The summed E-state index contributed by atoms with van der Waals surface area (Å²) in [6.07, 6.45) is 1.65. The average molecular weight is 321 g/mol. The van der Waals surface area contributed by atoms with E-state index in [2.05, 4.69) is 4.72 Å². The zero-order valence-electron chi connectivity index (χ0n) is 13.3. The minimum atomic E-state index is -3.54. The summed E-state index contributed by atoms with van der Waals surface area (Å²) in [5, 5.41) is 1.51. The fraction of sp³-hybridized carbons (Fsp3) is 0.412. The molecular weight excluding hydrogens is 298 g/mol. The van der Waals surface area contributed by atoms with Crippen LogP contribution in [0.3, 0.4) is 0 Å². The molecule has 0 amide bonds. The van der Waals surface area contributed by atoms with Gasteiger partial charge in [0.15, 0.2) is 0 Å². The van der Waals surface area contributed by atoms with Crippen LogP contribution in [-0.4, -0.2) is 21.1 Å². The van der Waals surface area contributed by atoms with Crippen molar-refractivity contribution in [2.45, 2.75) is 44.6 Å². The highest BCUT2D eigenvalue weighted by atomic mass is 32.2. The van der Waals surface area contributed by atoms with Crippen LogP contribution in [0.1, 0.15) is 33.6 Å². The number of hydrogen-bond donors (Lipinski definition) is 1. The molecule has 0 spiro atoms. The Bertz CT molecular complexity index is 741. The maximum Gasteiger partial charge on any atom is 0.241 e. The Hall–Kier alpha value is -1.59. The van der Waals surface area contributed by atoms with E-state index in [1.807, 2.05) is 45.0 Å². The molecule has 4 nitrogen and oxygen atoms in total. The van der Waals surface area contributed by atoms with Gasteiger partial charge in [-0.15, -0.1) is 0 Å². The number of fused-ring (bicyclic) bond motifs is 1. The molecule has 0 fully saturated rings. The van der Waals surface area contributed by atoms with Gasteiger partial charge in [-0.05, 0) is 31.9 Å². The van der Waals surface area contributed by atoms with Gasteiger partial charge in [0.1, 0.15) is 5.75 Å². The Balaban J connectivity index is 2.52. The quantitative estimate of drug-likeness (QED) is 0.846. The summed E-state index contributed by atoms with van der Waals surface area (Å²) in [7, 11) is -3.54. The van der Waals surface area contributed by atoms with Crippen LogP contribution in [0.25, 0.3) is 10.8 Å². The Morgan fingerprint density at radius 3 is 2.41 bits per heavy atom. The zero-order valence-corrected chi connectivity index (χ0v) is 14.1. The van der Waals surface area contributed by atoms with Crippen LogP contribution in [0.5, 0.6) is 5.75 Å². The first kappa shape index (κ1) is 16.8. The van der Waals surface area contributed by atoms with Gasteiger partial charge in [0, 0.05) is 16.8 Å². The second kappa shape index (κ2) is 7.11. The predicted molar refractivity (Wildman–Crippen MR) is 89.8 cm³/mol. The summed E-state index contributed by atoms with van der Waals surface area (Å²) < 4.78 is 33.6. The molecule has 120 valence electrons. The Labute approximate surface area is 132 Å². The van der Waals surface area contributed by atoms with Gasteiger partial charge in [0.25, 0.3) is 0 Å². The van der Waals surface area contributed by atoms with E-state index in [9.17, 15) is 8.42 Å². The molecule has 1 atom stereocenters. The summed E-state index contributed by atoms with van der Waals surface area (Å²) in [5.41, 5.74) is 0. The molecule has 5 heteroatoms. The molecular formula is C17H23NO3S. The van der Waals surface area contributed by atoms with E-state index in [4.69, 9.17) is 4.74 Å². The van der Waals surface area contributed by atoms with Crippen LogP contribution in [0.2, 0.25) is 0 Å². The number of nitrogens with one attached hydrogen (secondary N) is 1. The lowest BCUT2D eigenvalue weighted by atomic mass is 10.1. The Kier molecular flexibility index (Phi) is 5.42. The molecule has 1 N–H and O–H groups in total. The van der Waals surface area contributed by atoms with E-state index in [1.165, 1.54) is 0 Å². The van der Waals surface area contributed by atoms with Gasteiger partial charge in [-0.3, -0.25) is 0 Å². The van der Waals surface area contributed by atoms with Crippen LogP contribution < -0.4 is 9.46 Å². The third kappa shape index (κ3) is 3.59. The summed E-state index contributed by atoms with van der Waals surface area (Å²) >= 11 is 0. The normalized spacial score (nSPS) is 13.2. The molecule has 0 radical (unpaired) electrons. The van der Waals surface area contributed by atoms with Crippen LogP contribution in [0.15, 0.2) is 41.3 Å². The van der Waals surface area contributed by atoms with Gasteiger partial charge in [-0.25, -0.2) is 13.1 Å². The lowest BCUT2D eigenvalue weighted by Crippen LogP contribution is -2.32. The number of benzene rings is 2. The zero-order chi connectivity index (χ0) is 16.2. The fourth-order valence-corrected chi connectivity index (χ4v) is 3.77. The second-order valence-electron chi connectivity index (χ2n) is 5.39. The van der Waals surface area contributed by atoms with Gasteiger partial charge >= 0.3 is 0 Å². The van der Waals surface area contributed by atoms with Crippen LogP contribution in [-0.2, 0) is 10.0 Å². The lowest BCUT2D eigenvalue weighted by Gasteiger charge is -2.15. The van der Waals surface area contributed by atoms with E-state index >= 15 is 0 Å². The van der Waals surface area contributed by atoms with Crippen molar-refractivity contribution in [3.63, 3.8) is 0 Å². The van der Waals surface area contributed by atoms with Crippen molar-refractivity contribution < 1.29 is 13.2 Å². The van der Waals surface area contributed by atoms with Gasteiger partial charge < -0.3 is 4.74 Å². The number of rotatable bonds is 7. The number of sulfonamides is 1. The van der Waals surface area contributed by atoms with Crippen LogP contribution in [0, 0.1) is 0 Å². The minimum absolute atomic E-state index is 0.0974. The SMILES string of the molecule is CCCOc1ccc(S(=O)(=O)N[C@H](C)CC)c2ccccc12. The summed E-state index contributed by atoms with van der Waals surface area (Å²) in [6.45, 7) is 6.46.